The summed E-state index contributed by atoms with van der Waals surface area (Å²) < 4.78 is 16.1. The van der Waals surface area contributed by atoms with Gasteiger partial charge >= 0.3 is 0 Å². The molecule has 0 fully saturated rings. The Hall–Kier alpha value is -1.03. The van der Waals surface area contributed by atoms with Gasteiger partial charge in [0.1, 0.15) is 0 Å². The fraction of sp³-hybridized carbons (Fsp3) is 0.600. The highest BCUT2D eigenvalue weighted by Crippen LogP contribution is 2.29. The summed E-state index contributed by atoms with van der Waals surface area (Å²) in [6.45, 7) is 9.82. The minimum atomic E-state index is -2.13. The molecule has 0 amide bonds. The van der Waals surface area contributed by atoms with E-state index in [4.69, 9.17) is 0 Å². The zero-order valence-electron chi connectivity index (χ0n) is 12.9. The third-order valence-corrected chi connectivity index (χ3v) is 3.94. The van der Waals surface area contributed by atoms with Gasteiger partial charge in [0.05, 0.1) is 11.4 Å². The molecule has 108 valence electrons. The second-order valence-corrected chi connectivity index (χ2v) is 8.98. The summed E-state index contributed by atoms with van der Waals surface area (Å²) in [6, 6.07) is 7.77. The lowest BCUT2D eigenvalue weighted by Crippen LogP contribution is -2.24. The van der Waals surface area contributed by atoms with Crippen LogP contribution < -0.4 is 5.32 Å². The monoisotopic (exact) mass is 282 g/mol. The quantitative estimate of drug-likeness (QED) is 0.901. The third kappa shape index (κ3) is 5.64. The van der Waals surface area contributed by atoms with Crippen LogP contribution in [0.3, 0.4) is 0 Å². The van der Waals surface area contributed by atoms with Gasteiger partial charge in [0.2, 0.25) is 0 Å². The van der Waals surface area contributed by atoms with Gasteiger partial charge in [0.15, 0.2) is 0 Å². The number of benzene rings is 1. The van der Waals surface area contributed by atoms with Crippen molar-refractivity contribution in [2.24, 2.45) is 15.7 Å². The van der Waals surface area contributed by atoms with Crippen LogP contribution in [0.25, 0.3) is 0 Å². The molecule has 1 aromatic rings. The summed E-state index contributed by atoms with van der Waals surface area (Å²) in [6.07, 6.45) is 3.31. The van der Waals surface area contributed by atoms with E-state index in [1.165, 1.54) is 0 Å². The van der Waals surface area contributed by atoms with Gasteiger partial charge in [-0.25, -0.2) is 4.21 Å². The Morgan fingerprint density at radius 3 is 2.37 bits per heavy atom. The van der Waals surface area contributed by atoms with E-state index in [1.54, 1.807) is 12.5 Å². The molecule has 0 saturated carbocycles. The fourth-order valence-corrected chi connectivity index (χ4v) is 2.14. The predicted molar refractivity (Wildman–Crippen MR) is 85.6 cm³/mol. The van der Waals surface area contributed by atoms with Crippen LogP contribution >= 0.6 is 0 Å². The van der Waals surface area contributed by atoms with E-state index in [-0.39, 0.29) is 5.41 Å². The first-order valence-electron chi connectivity index (χ1n) is 6.59. The third-order valence-electron chi connectivity index (χ3n) is 3.30. The highest BCUT2D eigenvalue weighted by Gasteiger charge is 2.19. The number of nitrogens with one attached hydrogen (secondary N) is 1. The number of nitrogens with zero attached hydrogens (tertiary/aromatic N) is 1. The molecular weight excluding hydrogens is 256 g/mol. The molecule has 0 aliphatic heterocycles. The topological polar surface area (TPSA) is 41.5 Å². The molecule has 0 aromatic heterocycles. The van der Waals surface area contributed by atoms with E-state index in [9.17, 15) is 4.21 Å². The number of anilines is 1. The molecule has 1 rings (SSSR count). The summed E-state index contributed by atoms with van der Waals surface area (Å²) >= 11 is 0. The van der Waals surface area contributed by atoms with E-state index in [2.05, 4.69) is 37.4 Å². The molecule has 0 saturated heterocycles. The first-order chi connectivity index (χ1) is 8.59. The van der Waals surface area contributed by atoms with Crippen molar-refractivity contribution < 1.29 is 4.21 Å². The Labute approximate surface area is 118 Å². The molecule has 0 aliphatic rings. The van der Waals surface area contributed by atoms with Gasteiger partial charge in [-0.1, -0.05) is 39.8 Å². The molecule has 4 heteroatoms. The Kier molecular flexibility index (Phi) is 5.02. The molecule has 1 N–H and O–H groups in total. The van der Waals surface area contributed by atoms with Gasteiger partial charge in [-0.05, 0) is 23.5 Å². The second kappa shape index (κ2) is 5.95. The molecule has 0 aliphatic carbocycles. The minimum absolute atomic E-state index is 0.266. The van der Waals surface area contributed by atoms with Crippen LogP contribution in [0.1, 0.15) is 27.7 Å². The minimum Gasteiger partial charge on any atom is -0.383 e. The normalized spacial score (nSPS) is 14.0. The van der Waals surface area contributed by atoms with Gasteiger partial charge in [-0.3, -0.25) is 0 Å². The highest BCUT2D eigenvalue weighted by atomic mass is 32.2. The van der Waals surface area contributed by atoms with Crippen molar-refractivity contribution in [2.45, 2.75) is 27.7 Å². The zero-order chi connectivity index (χ0) is 14.7. The van der Waals surface area contributed by atoms with Gasteiger partial charge in [-0.15, -0.1) is 0 Å². The SMILES string of the molecule is CC(CNc1ccccc1N=S(C)(C)=O)C(C)(C)C. The second-order valence-electron chi connectivity index (χ2n) is 6.44. The van der Waals surface area contributed by atoms with Crippen LogP contribution in [-0.4, -0.2) is 23.3 Å². The number of hydrogen-bond acceptors (Lipinski definition) is 3. The van der Waals surface area contributed by atoms with E-state index in [0.717, 1.165) is 17.9 Å². The van der Waals surface area contributed by atoms with Crippen LogP contribution in [-0.2, 0) is 9.73 Å². The van der Waals surface area contributed by atoms with Gasteiger partial charge in [-0.2, -0.15) is 4.36 Å². The number of hydrogen-bond donors (Lipinski definition) is 1. The van der Waals surface area contributed by atoms with Crippen molar-refractivity contribution in [3.8, 4) is 0 Å². The van der Waals surface area contributed by atoms with Crippen LogP contribution in [0.5, 0.6) is 0 Å². The maximum atomic E-state index is 11.8. The van der Waals surface area contributed by atoms with Gasteiger partial charge < -0.3 is 5.32 Å². The summed E-state index contributed by atoms with van der Waals surface area (Å²) in [5, 5.41) is 3.42. The van der Waals surface area contributed by atoms with E-state index < -0.39 is 9.73 Å². The lowest BCUT2D eigenvalue weighted by Gasteiger charge is -2.28. The Bertz CT molecular complexity index is 529. The highest BCUT2D eigenvalue weighted by molar-refractivity contribution is 7.92. The van der Waals surface area contributed by atoms with Crippen LogP contribution in [0, 0.1) is 11.3 Å². The van der Waals surface area contributed by atoms with E-state index in [1.807, 2.05) is 24.3 Å². The number of para-hydroxylation sites is 1. The molecule has 0 heterocycles. The Balaban J connectivity index is 2.89. The maximum Gasteiger partial charge on any atom is 0.0961 e. The van der Waals surface area contributed by atoms with Crippen LogP contribution in [0.15, 0.2) is 28.6 Å². The van der Waals surface area contributed by atoms with Gasteiger partial charge in [0.25, 0.3) is 0 Å². The molecule has 3 nitrogen and oxygen atoms in total. The maximum absolute atomic E-state index is 11.8. The van der Waals surface area contributed by atoms with Crippen molar-refractivity contribution in [1.82, 2.24) is 0 Å². The molecule has 1 unspecified atom stereocenters. The van der Waals surface area contributed by atoms with Crippen molar-refractivity contribution in [3.05, 3.63) is 24.3 Å². The average Bonchev–Trinajstić information content (AvgIpc) is 2.24. The zero-order valence-corrected chi connectivity index (χ0v) is 13.7. The molecule has 0 spiro atoms. The molecule has 1 aromatic carbocycles. The molecule has 0 bridgehead atoms. The summed E-state index contributed by atoms with van der Waals surface area (Å²) in [7, 11) is -2.13. The predicted octanol–water partition coefficient (Wildman–Crippen LogP) is 4.14. The van der Waals surface area contributed by atoms with Gasteiger partial charge in [0, 0.05) is 28.8 Å². The first kappa shape index (κ1) is 16.0. The smallest absolute Gasteiger partial charge is 0.0961 e. The Morgan fingerprint density at radius 1 is 1.26 bits per heavy atom. The molecule has 0 radical (unpaired) electrons. The van der Waals surface area contributed by atoms with Crippen molar-refractivity contribution in [3.63, 3.8) is 0 Å². The lowest BCUT2D eigenvalue weighted by molar-refractivity contribution is 0.274. The van der Waals surface area contributed by atoms with Crippen molar-refractivity contribution in [2.75, 3.05) is 24.4 Å². The van der Waals surface area contributed by atoms with Crippen molar-refractivity contribution in [1.29, 1.82) is 0 Å². The lowest BCUT2D eigenvalue weighted by atomic mass is 9.82. The summed E-state index contributed by atoms with van der Waals surface area (Å²) in [4.78, 5) is 0. The average molecular weight is 282 g/mol. The fourth-order valence-electron chi connectivity index (χ4n) is 1.51. The van der Waals surface area contributed by atoms with Crippen LogP contribution in [0.2, 0.25) is 0 Å². The van der Waals surface area contributed by atoms with Crippen LogP contribution in [0.4, 0.5) is 11.4 Å². The molecular formula is C15H26N2OS. The van der Waals surface area contributed by atoms with Crippen molar-refractivity contribution >= 4 is 21.1 Å². The first-order valence-corrected chi connectivity index (χ1v) is 8.93. The number of rotatable bonds is 4. The standard InChI is InChI=1S/C15H26N2OS/c1-12(15(2,3)4)11-16-13-9-7-8-10-14(13)17-19(5,6)18/h7-10,12,16H,11H2,1-6H3. The largest absolute Gasteiger partial charge is 0.383 e. The summed E-state index contributed by atoms with van der Waals surface area (Å²) in [5.41, 5.74) is 2.00. The summed E-state index contributed by atoms with van der Waals surface area (Å²) in [5.74, 6) is 0.535. The van der Waals surface area contributed by atoms with E-state index >= 15 is 0 Å². The molecule has 1 atom stereocenters. The van der Waals surface area contributed by atoms with E-state index in [0.29, 0.717) is 5.92 Å². The Morgan fingerprint density at radius 2 is 1.84 bits per heavy atom. The molecule has 19 heavy (non-hydrogen) atoms.